The summed E-state index contributed by atoms with van der Waals surface area (Å²) in [5.74, 6) is -0.405. The molecule has 98 valence electrons. The van der Waals surface area contributed by atoms with Gasteiger partial charge in [0.1, 0.15) is 16.9 Å². The minimum absolute atomic E-state index is 0.197. The molecule has 2 heterocycles. The Hall–Kier alpha value is -1.21. The Labute approximate surface area is 112 Å². The fraction of sp³-hybridized carbons (Fsp3) is 0.455. The SMILES string of the molecule is NC(=O)c1cc(Br)ncc1O[C@@H]1CCNC[C@@H]1F. The zero-order valence-electron chi connectivity index (χ0n) is 9.53. The van der Waals surface area contributed by atoms with Gasteiger partial charge in [-0.3, -0.25) is 4.79 Å². The van der Waals surface area contributed by atoms with E-state index >= 15 is 0 Å². The molecule has 1 amide bonds. The Morgan fingerprint density at radius 1 is 1.67 bits per heavy atom. The average Bonchev–Trinajstić information content (AvgIpc) is 2.34. The number of alkyl halides is 1. The lowest BCUT2D eigenvalue weighted by atomic mass is 10.1. The van der Waals surface area contributed by atoms with Crippen molar-refractivity contribution in [3.05, 3.63) is 22.4 Å². The van der Waals surface area contributed by atoms with E-state index < -0.39 is 18.2 Å². The molecule has 3 N–H and O–H groups in total. The first-order valence-corrected chi connectivity index (χ1v) is 6.34. The number of primary amides is 1. The number of nitrogens with two attached hydrogens (primary N) is 1. The molecule has 0 spiro atoms. The second-order valence-corrected chi connectivity index (χ2v) is 4.85. The smallest absolute Gasteiger partial charge is 0.252 e. The highest BCUT2D eigenvalue weighted by Crippen LogP contribution is 2.24. The van der Waals surface area contributed by atoms with Gasteiger partial charge in [0.25, 0.3) is 5.91 Å². The molecule has 1 aliphatic heterocycles. The number of hydrogen-bond donors (Lipinski definition) is 2. The zero-order valence-corrected chi connectivity index (χ0v) is 11.1. The summed E-state index contributed by atoms with van der Waals surface area (Å²) in [7, 11) is 0. The van der Waals surface area contributed by atoms with Gasteiger partial charge in [0.05, 0.1) is 11.8 Å². The van der Waals surface area contributed by atoms with E-state index in [-0.39, 0.29) is 17.9 Å². The number of aromatic nitrogens is 1. The molecule has 0 bridgehead atoms. The van der Waals surface area contributed by atoms with Crippen LogP contribution in [0.2, 0.25) is 0 Å². The van der Waals surface area contributed by atoms with Crippen LogP contribution in [0.1, 0.15) is 16.8 Å². The Morgan fingerprint density at radius 2 is 2.44 bits per heavy atom. The third kappa shape index (κ3) is 2.97. The number of carbonyl (C=O) groups excluding carboxylic acids is 1. The summed E-state index contributed by atoms with van der Waals surface area (Å²) >= 11 is 3.14. The van der Waals surface area contributed by atoms with Crippen molar-refractivity contribution in [2.45, 2.75) is 18.7 Å². The number of rotatable bonds is 3. The Balaban J connectivity index is 2.20. The molecule has 7 heteroatoms. The van der Waals surface area contributed by atoms with Crippen molar-refractivity contribution in [1.29, 1.82) is 0 Å². The number of carbonyl (C=O) groups is 1. The van der Waals surface area contributed by atoms with Crippen molar-refractivity contribution in [1.82, 2.24) is 10.3 Å². The van der Waals surface area contributed by atoms with E-state index in [0.717, 1.165) is 0 Å². The number of halogens is 2. The van der Waals surface area contributed by atoms with Crippen LogP contribution in [0.3, 0.4) is 0 Å². The standard InChI is InChI=1S/C11H13BrFN3O2/c12-10-3-6(11(14)17)9(5-16-10)18-8-1-2-15-4-7(8)13/h3,5,7-8,15H,1-2,4H2,(H2,14,17)/t7-,8+/m0/s1. The molecule has 0 radical (unpaired) electrons. The first-order chi connectivity index (χ1) is 8.58. The molecule has 1 aliphatic rings. The van der Waals surface area contributed by atoms with Crippen molar-refractivity contribution in [3.8, 4) is 5.75 Å². The molecule has 2 atom stereocenters. The number of pyridine rings is 1. The third-order valence-corrected chi connectivity index (χ3v) is 3.16. The van der Waals surface area contributed by atoms with E-state index in [4.69, 9.17) is 10.5 Å². The molecule has 1 fully saturated rings. The molecule has 1 aromatic heterocycles. The third-order valence-electron chi connectivity index (χ3n) is 2.73. The molecule has 1 saturated heterocycles. The van der Waals surface area contributed by atoms with Gasteiger partial charge in [0, 0.05) is 6.54 Å². The van der Waals surface area contributed by atoms with Crippen molar-refractivity contribution in [3.63, 3.8) is 0 Å². The van der Waals surface area contributed by atoms with Gasteiger partial charge in [-0.15, -0.1) is 0 Å². The Kier molecular flexibility index (Phi) is 4.13. The predicted molar refractivity (Wildman–Crippen MR) is 67.3 cm³/mol. The van der Waals surface area contributed by atoms with Gasteiger partial charge in [0.2, 0.25) is 0 Å². The van der Waals surface area contributed by atoms with Gasteiger partial charge < -0.3 is 15.8 Å². The summed E-state index contributed by atoms with van der Waals surface area (Å²) in [5, 5.41) is 2.93. The largest absolute Gasteiger partial charge is 0.485 e. The van der Waals surface area contributed by atoms with E-state index in [2.05, 4.69) is 26.2 Å². The highest BCUT2D eigenvalue weighted by molar-refractivity contribution is 9.10. The second-order valence-electron chi connectivity index (χ2n) is 4.03. The lowest BCUT2D eigenvalue weighted by Crippen LogP contribution is -2.44. The summed E-state index contributed by atoms with van der Waals surface area (Å²) in [6.07, 6.45) is 0.226. The fourth-order valence-corrected chi connectivity index (χ4v) is 2.13. The van der Waals surface area contributed by atoms with Crippen LogP contribution >= 0.6 is 15.9 Å². The van der Waals surface area contributed by atoms with Crippen molar-refractivity contribution in [2.75, 3.05) is 13.1 Å². The van der Waals surface area contributed by atoms with Crippen LogP contribution in [0.5, 0.6) is 5.75 Å². The van der Waals surface area contributed by atoms with Crippen LogP contribution in [0.25, 0.3) is 0 Å². The monoisotopic (exact) mass is 317 g/mol. The fourth-order valence-electron chi connectivity index (χ4n) is 1.80. The lowest BCUT2D eigenvalue weighted by molar-refractivity contribution is 0.0710. The molecular formula is C11H13BrFN3O2. The maximum atomic E-state index is 13.6. The topological polar surface area (TPSA) is 77.2 Å². The number of nitrogens with zero attached hydrogens (tertiary/aromatic N) is 1. The normalized spacial score (nSPS) is 23.7. The van der Waals surface area contributed by atoms with Crippen LogP contribution in [0.4, 0.5) is 4.39 Å². The summed E-state index contributed by atoms with van der Waals surface area (Å²) in [5.41, 5.74) is 5.45. The van der Waals surface area contributed by atoms with Crippen LogP contribution in [0, 0.1) is 0 Å². The van der Waals surface area contributed by atoms with Gasteiger partial charge in [0.15, 0.2) is 5.75 Å². The van der Waals surface area contributed by atoms with Crippen LogP contribution in [-0.4, -0.2) is 36.3 Å². The molecule has 0 unspecified atom stereocenters. The Morgan fingerprint density at radius 3 is 3.11 bits per heavy atom. The molecule has 2 rings (SSSR count). The van der Waals surface area contributed by atoms with Gasteiger partial charge in [-0.1, -0.05) is 0 Å². The summed E-state index contributed by atoms with van der Waals surface area (Å²) in [6, 6.07) is 1.46. The molecular weight excluding hydrogens is 305 g/mol. The van der Waals surface area contributed by atoms with E-state index in [0.29, 0.717) is 17.6 Å². The summed E-state index contributed by atoms with van der Waals surface area (Å²) in [4.78, 5) is 15.2. The van der Waals surface area contributed by atoms with E-state index in [1.54, 1.807) is 0 Å². The van der Waals surface area contributed by atoms with E-state index in [1.807, 2.05) is 0 Å². The van der Waals surface area contributed by atoms with Crippen molar-refractivity contribution >= 4 is 21.8 Å². The average molecular weight is 318 g/mol. The molecule has 1 aromatic rings. The highest BCUT2D eigenvalue weighted by Gasteiger charge is 2.27. The molecule has 0 saturated carbocycles. The highest BCUT2D eigenvalue weighted by atomic mass is 79.9. The quantitative estimate of drug-likeness (QED) is 0.816. The predicted octanol–water partition coefficient (Wildman–Crippen LogP) is 1.02. The number of nitrogens with one attached hydrogen (secondary N) is 1. The van der Waals surface area contributed by atoms with Crippen LogP contribution in [0.15, 0.2) is 16.9 Å². The van der Waals surface area contributed by atoms with Crippen molar-refractivity contribution in [2.24, 2.45) is 5.73 Å². The molecule has 0 aliphatic carbocycles. The minimum Gasteiger partial charge on any atom is -0.485 e. The van der Waals surface area contributed by atoms with Crippen molar-refractivity contribution < 1.29 is 13.9 Å². The zero-order chi connectivity index (χ0) is 13.1. The van der Waals surface area contributed by atoms with E-state index in [9.17, 15) is 9.18 Å². The number of ether oxygens (including phenoxy) is 1. The first kappa shape index (κ1) is 13.2. The molecule has 0 aromatic carbocycles. The summed E-state index contributed by atoms with van der Waals surface area (Å²) in [6.45, 7) is 0.932. The number of piperidine rings is 1. The maximum absolute atomic E-state index is 13.6. The Bertz CT molecular complexity index is 458. The van der Waals surface area contributed by atoms with Crippen LogP contribution < -0.4 is 15.8 Å². The first-order valence-electron chi connectivity index (χ1n) is 5.54. The van der Waals surface area contributed by atoms with Gasteiger partial charge >= 0.3 is 0 Å². The number of hydrogen-bond acceptors (Lipinski definition) is 4. The molecule has 5 nitrogen and oxygen atoms in total. The van der Waals surface area contributed by atoms with Gasteiger partial charge in [-0.05, 0) is 35.0 Å². The minimum atomic E-state index is -1.11. The van der Waals surface area contributed by atoms with Crippen LogP contribution in [-0.2, 0) is 0 Å². The van der Waals surface area contributed by atoms with E-state index in [1.165, 1.54) is 12.3 Å². The summed E-state index contributed by atoms with van der Waals surface area (Å²) < 4.78 is 19.6. The number of amides is 1. The van der Waals surface area contributed by atoms with Gasteiger partial charge in [-0.2, -0.15) is 0 Å². The molecule has 18 heavy (non-hydrogen) atoms. The second kappa shape index (κ2) is 5.62. The van der Waals surface area contributed by atoms with Gasteiger partial charge in [-0.25, -0.2) is 9.37 Å². The lowest BCUT2D eigenvalue weighted by Gasteiger charge is -2.27. The maximum Gasteiger partial charge on any atom is 0.252 e.